The van der Waals surface area contributed by atoms with Crippen LogP contribution in [0.2, 0.25) is 0 Å². The van der Waals surface area contributed by atoms with Gasteiger partial charge in [-0.2, -0.15) is 0 Å². The van der Waals surface area contributed by atoms with Crippen LogP contribution in [0.1, 0.15) is 5.56 Å². The number of benzene rings is 1. The number of rotatable bonds is 3. The molecule has 0 spiro atoms. The van der Waals surface area contributed by atoms with Crippen LogP contribution in [0.5, 0.6) is 11.5 Å². The van der Waals surface area contributed by atoms with E-state index in [4.69, 9.17) is 14.6 Å². The highest BCUT2D eigenvalue weighted by atomic mass is 32.2. The van der Waals surface area contributed by atoms with Crippen LogP contribution in [0.4, 0.5) is 0 Å². The molecule has 1 heterocycles. The summed E-state index contributed by atoms with van der Waals surface area (Å²) in [6.45, 7) is 0. The number of carboxylic acid groups (broad SMARTS) is 1. The number of aliphatic carboxylic acids is 1. The minimum absolute atomic E-state index is 0.0511. The molecule has 0 fully saturated rings. The minimum Gasteiger partial charge on any atom is -0.496 e. The zero-order valence-corrected chi connectivity index (χ0v) is 8.97. The Kier molecular flexibility index (Phi) is 2.73. The maximum atomic E-state index is 10.6. The van der Waals surface area contributed by atoms with Crippen molar-refractivity contribution in [2.45, 2.75) is 11.3 Å². The molecule has 0 unspecified atom stereocenters. The second-order valence-corrected chi connectivity index (χ2v) is 4.05. The number of thioether (sulfide) groups is 1. The summed E-state index contributed by atoms with van der Waals surface area (Å²) >= 11 is 1.58. The molecule has 1 aromatic rings. The fraction of sp³-hybridized carbons (Fsp3) is 0.300. The van der Waals surface area contributed by atoms with Crippen molar-refractivity contribution in [3.63, 3.8) is 0 Å². The lowest BCUT2D eigenvalue weighted by atomic mass is 10.1. The van der Waals surface area contributed by atoms with Crippen LogP contribution in [-0.4, -0.2) is 24.1 Å². The Bertz CT molecular complexity index is 403. The van der Waals surface area contributed by atoms with Crippen LogP contribution in [0.15, 0.2) is 17.0 Å². The molecule has 4 nitrogen and oxygen atoms in total. The van der Waals surface area contributed by atoms with Gasteiger partial charge in [-0.25, -0.2) is 0 Å². The van der Waals surface area contributed by atoms with Crippen molar-refractivity contribution in [1.29, 1.82) is 0 Å². The first kappa shape index (κ1) is 10.2. The van der Waals surface area contributed by atoms with E-state index in [1.807, 2.05) is 6.07 Å². The lowest BCUT2D eigenvalue weighted by molar-refractivity contribution is -0.136. The molecule has 1 N–H and O–H groups in total. The summed E-state index contributed by atoms with van der Waals surface area (Å²) in [6, 6.07) is 3.56. The average molecular weight is 226 g/mol. The second-order valence-electron chi connectivity index (χ2n) is 3.09. The van der Waals surface area contributed by atoms with Gasteiger partial charge in [-0.1, -0.05) is 11.8 Å². The third-order valence-corrected chi connectivity index (χ3v) is 2.98. The Morgan fingerprint density at radius 2 is 2.47 bits per heavy atom. The molecule has 15 heavy (non-hydrogen) atoms. The van der Waals surface area contributed by atoms with Crippen molar-refractivity contribution < 1.29 is 19.4 Å². The molecule has 0 saturated heterocycles. The van der Waals surface area contributed by atoms with Crippen LogP contribution in [-0.2, 0) is 11.2 Å². The first-order valence-electron chi connectivity index (χ1n) is 4.39. The molecule has 0 aromatic heterocycles. The van der Waals surface area contributed by atoms with Gasteiger partial charge < -0.3 is 14.6 Å². The van der Waals surface area contributed by atoms with Crippen LogP contribution in [0.3, 0.4) is 0 Å². The largest absolute Gasteiger partial charge is 0.496 e. The van der Waals surface area contributed by atoms with E-state index in [-0.39, 0.29) is 6.42 Å². The standard InChI is InChI=1S/C10H10O4S/c1-13-7-4-9-8(14-5-15-9)2-6(7)3-10(11)12/h2,4H,3,5H2,1H3,(H,11,12). The molecule has 0 atom stereocenters. The maximum Gasteiger partial charge on any atom is 0.307 e. The Morgan fingerprint density at radius 1 is 1.67 bits per heavy atom. The van der Waals surface area contributed by atoms with Crippen molar-refractivity contribution in [3.05, 3.63) is 17.7 Å². The minimum atomic E-state index is -0.876. The average Bonchev–Trinajstić information content (AvgIpc) is 2.62. The lowest BCUT2D eigenvalue weighted by Crippen LogP contribution is -2.02. The number of fused-ring (bicyclic) bond motifs is 1. The number of carbonyl (C=O) groups is 1. The highest BCUT2D eigenvalue weighted by Crippen LogP contribution is 2.40. The molecule has 5 heteroatoms. The van der Waals surface area contributed by atoms with Gasteiger partial charge in [0.25, 0.3) is 0 Å². The Morgan fingerprint density at radius 3 is 3.13 bits per heavy atom. The van der Waals surface area contributed by atoms with Crippen molar-refractivity contribution in [2.75, 3.05) is 13.0 Å². The molecule has 0 saturated carbocycles. The summed E-state index contributed by atoms with van der Waals surface area (Å²) in [5.41, 5.74) is 0.645. The van der Waals surface area contributed by atoms with Crippen molar-refractivity contribution in [3.8, 4) is 11.5 Å². The molecule has 1 aliphatic rings. The third-order valence-electron chi connectivity index (χ3n) is 2.12. The topological polar surface area (TPSA) is 55.8 Å². The van der Waals surface area contributed by atoms with E-state index in [1.165, 1.54) is 7.11 Å². The molecule has 2 rings (SSSR count). The second kappa shape index (κ2) is 4.02. The number of ether oxygens (including phenoxy) is 2. The van der Waals surface area contributed by atoms with E-state index in [0.717, 1.165) is 10.6 Å². The number of hydrogen-bond acceptors (Lipinski definition) is 4. The molecule has 0 amide bonds. The summed E-state index contributed by atoms with van der Waals surface area (Å²) in [7, 11) is 1.54. The van der Waals surface area contributed by atoms with Gasteiger partial charge in [-0.3, -0.25) is 4.79 Å². The number of methoxy groups -OCH3 is 1. The van der Waals surface area contributed by atoms with Gasteiger partial charge in [0.1, 0.15) is 17.4 Å². The van der Waals surface area contributed by atoms with Crippen molar-refractivity contribution in [1.82, 2.24) is 0 Å². The van der Waals surface area contributed by atoms with Gasteiger partial charge >= 0.3 is 5.97 Å². The van der Waals surface area contributed by atoms with E-state index < -0.39 is 5.97 Å². The van der Waals surface area contributed by atoms with Gasteiger partial charge in [0.2, 0.25) is 0 Å². The Labute approximate surface area is 91.2 Å². The van der Waals surface area contributed by atoms with Crippen molar-refractivity contribution >= 4 is 17.7 Å². The lowest BCUT2D eigenvalue weighted by Gasteiger charge is -2.08. The van der Waals surface area contributed by atoms with E-state index in [0.29, 0.717) is 17.3 Å². The van der Waals surface area contributed by atoms with Crippen LogP contribution in [0, 0.1) is 0 Å². The van der Waals surface area contributed by atoms with Gasteiger partial charge in [0, 0.05) is 5.56 Å². The fourth-order valence-corrected chi connectivity index (χ4v) is 2.22. The summed E-state index contributed by atoms with van der Waals surface area (Å²) < 4.78 is 10.5. The molecular formula is C10H10O4S. The summed E-state index contributed by atoms with van der Waals surface area (Å²) in [5.74, 6) is 1.06. The normalized spacial score (nSPS) is 13.1. The predicted octanol–water partition coefficient (Wildman–Crippen LogP) is 1.76. The van der Waals surface area contributed by atoms with Crippen LogP contribution < -0.4 is 9.47 Å². The van der Waals surface area contributed by atoms with Gasteiger partial charge in [-0.05, 0) is 12.1 Å². The van der Waals surface area contributed by atoms with Gasteiger partial charge in [0.15, 0.2) is 0 Å². The smallest absolute Gasteiger partial charge is 0.307 e. The Hall–Kier alpha value is -1.36. The molecule has 1 aromatic carbocycles. The molecule has 0 aliphatic carbocycles. The summed E-state index contributed by atoms with van der Waals surface area (Å²) in [6.07, 6.45) is -0.0511. The summed E-state index contributed by atoms with van der Waals surface area (Å²) in [4.78, 5) is 11.6. The van der Waals surface area contributed by atoms with E-state index in [1.54, 1.807) is 17.8 Å². The van der Waals surface area contributed by atoms with Crippen LogP contribution >= 0.6 is 11.8 Å². The van der Waals surface area contributed by atoms with E-state index >= 15 is 0 Å². The van der Waals surface area contributed by atoms with Crippen molar-refractivity contribution in [2.24, 2.45) is 0 Å². The maximum absolute atomic E-state index is 10.6. The van der Waals surface area contributed by atoms with E-state index in [2.05, 4.69) is 0 Å². The molecule has 0 radical (unpaired) electrons. The molecule has 1 aliphatic heterocycles. The summed E-state index contributed by atoms with van der Waals surface area (Å²) in [5, 5.41) is 8.73. The molecular weight excluding hydrogens is 216 g/mol. The first-order valence-corrected chi connectivity index (χ1v) is 5.37. The molecule has 80 valence electrons. The van der Waals surface area contributed by atoms with E-state index in [9.17, 15) is 4.79 Å². The monoisotopic (exact) mass is 226 g/mol. The zero-order chi connectivity index (χ0) is 10.8. The Balaban J connectivity index is 2.39. The zero-order valence-electron chi connectivity index (χ0n) is 8.15. The quantitative estimate of drug-likeness (QED) is 0.851. The SMILES string of the molecule is COc1cc2c(cc1CC(=O)O)OCS2. The highest BCUT2D eigenvalue weighted by molar-refractivity contribution is 7.99. The van der Waals surface area contributed by atoms with Crippen LogP contribution in [0.25, 0.3) is 0 Å². The third kappa shape index (κ3) is 2.02. The number of carboxylic acids is 1. The van der Waals surface area contributed by atoms with Gasteiger partial charge in [-0.15, -0.1) is 0 Å². The molecule has 0 bridgehead atoms. The van der Waals surface area contributed by atoms with Gasteiger partial charge in [0.05, 0.1) is 18.4 Å². The first-order chi connectivity index (χ1) is 7.20. The number of hydrogen-bond donors (Lipinski definition) is 1. The predicted molar refractivity (Wildman–Crippen MR) is 55.7 cm³/mol. The highest BCUT2D eigenvalue weighted by Gasteiger charge is 2.18. The fourth-order valence-electron chi connectivity index (χ4n) is 1.46.